The first-order valence-electron chi connectivity index (χ1n) is 5.71. The van der Waals surface area contributed by atoms with Gasteiger partial charge in [0.1, 0.15) is 11.0 Å². The van der Waals surface area contributed by atoms with Crippen LogP contribution in [0.4, 0.5) is 19.0 Å². The number of nitrogens with one attached hydrogen (secondary N) is 1. The molecule has 1 unspecified atom stereocenters. The van der Waals surface area contributed by atoms with Crippen molar-refractivity contribution in [2.24, 2.45) is 0 Å². The molecule has 8 heteroatoms. The van der Waals surface area contributed by atoms with Gasteiger partial charge in [0.2, 0.25) is 5.82 Å². The Morgan fingerprint density at radius 1 is 1.37 bits per heavy atom. The van der Waals surface area contributed by atoms with Crippen LogP contribution in [0, 0.1) is 0 Å². The summed E-state index contributed by atoms with van der Waals surface area (Å²) in [4.78, 5) is 8.59. The predicted molar refractivity (Wildman–Crippen MR) is 68.3 cm³/mol. The van der Waals surface area contributed by atoms with Gasteiger partial charge in [0.05, 0.1) is 0 Å². The largest absolute Gasteiger partial charge is 0.451 e. The SMILES string of the molecule is CC(CCN(C)C)Nc1cc(Cl)nc(C(F)(F)F)n1. The molecule has 0 saturated carbocycles. The molecule has 1 N–H and O–H groups in total. The van der Waals surface area contributed by atoms with Crippen LogP contribution in [-0.2, 0) is 6.18 Å². The number of hydrogen-bond acceptors (Lipinski definition) is 4. The summed E-state index contributed by atoms with van der Waals surface area (Å²) < 4.78 is 37.6. The van der Waals surface area contributed by atoms with Gasteiger partial charge in [-0.15, -0.1) is 0 Å². The Morgan fingerprint density at radius 3 is 2.53 bits per heavy atom. The number of anilines is 1. The van der Waals surface area contributed by atoms with Crippen molar-refractivity contribution >= 4 is 17.4 Å². The van der Waals surface area contributed by atoms with Gasteiger partial charge in [-0.1, -0.05) is 11.6 Å². The third-order valence-electron chi connectivity index (χ3n) is 2.35. The molecule has 0 aliphatic heterocycles. The van der Waals surface area contributed by atoms with Gasteiger partial charge in [0.15, 0.2) is 0 Å². The lowest BCUT2D eigenvalue weighted by atomic mass is 10.2. The Labute approximate surface area is 115 Å². The third kappa shape index (κ3) is 5.61. The summed E-state index contributed by atoms with van der Waals surface area (Å²) >= 11 is 5.57. The molecule has 108 valence electrons. The lowest BCUT2D eigenvalue weighted by molar-refractivity contribution is -0.144. The molecule has 0 aromatic carbocycles. The molecule has 1 atom stereocenters. The monoisotopic (exact) mass is 296 g/mol. The fraction of sp³-hybridized carbons (Fsp3) is 0.636. The summed E-state index contributed by atoms with van der Waals surface area (Å²) in [5, 5.41) is 2.66. The molecule has 0 saturated heterocycles. The van der Waals surface area contributed by atoms with E-state index in [0.717, 1.165) is 13.0 Å². The van der Waals surface area contributed by atoms with Gasteiger partial charge in [-0.3, -0.25) is 0 Å². The van der Waals surface area contributed by atoms with Crippen LogP contribution in [0.1, 0.15) is 19.2 Å². The average Bonchev–Trinajstić information content (AvgIpc) is 2.24. The van der Waals surface area contributed by atoms with Crippen LogP contribution in [0.15, 0.2) is 6.07 Å². The van der Waals surface area contributed by atoms with E-state index in [1.165, 1.54) is 6.07 Å². The fourth-order valence-corrected chi connectivity index (χ4v) is 1.58. The van der Waals surface area contributed by atoms with E-state index in [4.69, 9.17) is 11.6 Å². The Bertz CT molecular complexity index is 423. The molecule has 0 bridgehead atoms. The first-order chi connectivity index (χ1) is 8.68. The second-order valence-corrected chi connectivity index (χ2v) is 4.92. The maximum absolute atomic E-state index is 12.5. The summed E-state index contributed by atoms with van der Waals surface area (Å²) in [6.07, 6.45) is -3.83. The summed E-state index contributed by atoms with van der Waals surface area (Å²) in [5.74, 6) is -1.15. The minimum absolute atomic E-state index is 0.0190. The molecule has 0 amide bonds. The fourth-order valence-electron chi connectivity index (χ4n) is 1.39. The Hall–Kier alpha value is -1.08. The molecule has 0 spiro atoms. The molecule has 19 heavy (non-hydrogen) atoms. The van der Waals surface area contributed by atoms with Crippen molar-refractivity contribution in [2.75, 3.05) is 26.0 Å². The normalized spacial score (nSPS) is 13.7. The quantitative estimate of drug-likeness (QED) is 0.848. The minimum atomic E-state index is -4.60. The number of hydrogen-bond donors (Lipinski definition) is 1. The molecule has 1 aromatic rings. The summed E-state index contributed by atoms with van der Waals surface area (Å²) in [7, 11) is 3.85. The molecule has 4 nitrogen and oxygen atoms in total. The first-order valence-corrected chi connectivity index (χ1v) is 6.09. The van der Waals surface area contributed by atoms with Crippen LogP contribution >= 0.6 is 11.6 Å². The smallest absolute Gasteiger partial charge is 0.367 e. The van der Waals surface area contributed by atoms with Crippen LogP contribution in [-0.4, -0.2) is 41.5 Å². The highest BCUT2D eigenvalue weighted by molar-refractivity contribution is 6.29. The van der Waals surface area contributed by atoms with Crippen molar-refractivity contribution < 1.29 is 13.2 Å². The number of alkyl halides is 3. The van der Waals surface area contributed by atoms with Gasteiger partial charge in [-0.2, -0.15) is 13.2 Å². The Kier molecular flexibility index (Phi) is 5.37. The molecule has 0 aliphatic rings. The molecular formula is C11H16ClF3N4. The second kappa shape index (κ2) is 6.38. The predicted octanol–water partition coefficient (Wildman–Crippen LogP) is 2.90. The maximum Gasteiger partial charge on any atom is 0.451 e. The van der Waals surface area contributed by atoms with E-state index in [1.54, 1.807) is 0 Å². The Morgan fingerprint density at radius 2 is 2.00 bits per heavy atom. The van der Waals surface area contributed by atoms with Crippen molar-refractivity contribution in [1.82, 2.24) is 14.9 Å². The van der Waals surface area contributed by atoms with Crippen molar-refractivity contribution in [1.29, 1.82) is 0 Å². The zero-order chi connectivity index (χ0) is 14.6. The minimum Gasteiger partial charge on any atom is -0.367 e. The van der Waals surface area contributed by atoms with Gasteiger partial charge >= 0.3 is 6.18 Å². The number of nitrogens with zero attached hydrogens (tertiary/aromatic N) is 3. The van der Waals surface area contributed by atoms with Crippen LogP contribution in [0.3, 0.4) is 0 Å². The van der Waals surface area contributed by atoms with Crippen LogP contribution in [0.5, 0.6) is 0 Å². The van der Waals surface area contributed by atoms with Gasteiger partial charge in [0.25, 0.3) is 0 Å². The van der Waals surface area contributed by atoms with E-state index < -0.39 is 12.0 Å². The van der Waals surface area contributed by atoms with Gasteiger partial charge < -0.3 is 10.2 Å². The van der Waals surface area contributed by atoms with E-state index in [9.17, 15) is 13.2 Å². The summed E-state index contributed by atoms with van der Waals surface area (Å²) in [5.41, 5.74) is 0. The van der Waals surface area contributed by atoms with E-state index >= 15 is 0 Å². The van der Waals surface area contributed by atoms with Gasteiger partial charge in [0, 0.05) is 12.1 Å². The van der Waals surface area contributed by atoms with Crippen molar-refractivity contribution in [2.45, 2.75) is 25.6 Å². The standard InChI is InChI=1S/C11H16ClF3N4/c1-7(4-5-19(2)3)16-9-6-8(12)17-10(18-9)11(13,14)15/h6-7H,4-5H2,1-3H3,(H,16,17,18). The Balaban J connectivity index is 2.76. The van der Waals surface area contributed by atoms with Crippen molar-refractivity contribution in [3.8, 4) is 0 Å². The molecule has 0 aliphatic carbocycles. The van der Waals surface area contributed by atoms with Crippen LogP contribution in [0.2, 0.25) is 5.15 Å². The lowest BCUT2D eigenvalue weighted by Crippen LogP contribution is -2.24. The molecule has 1 rings (SSSR count). The topological polar surface area (TPSA) is 41.0 Å². The molecular weight excluding hydrogens is 281 g/mol. The molecule has 0 radical (unpaired) electrons. The maximum atomic E-state index is 12.5. The highest BCUT2D eigenvalue weighted by Gasteiger charge is 2.35. The third-order valence-corrected chi connectivity index (χ3v) is 2.55. The number of rotatable bonds is 5. The van der Waals surface area contributed by atoms with Gasteiger partial charge in [-0.05, 0) is 34.0 Å². The number of halogens is 4. The zero-order valence-electron chi connectivity index (χ0n) is 10.9. The second-order valence-electron chi connectivity index (χ2n) is 4.53. The van der Waals surface area contributed by atoms with E-state index in [0.29, 0.717) is 0 Å². The molecule has 1 heterocycles. The van der Waals surface area contributed by atoms with Crippen LogP contribution in [0.25, 0.3) is 0 Å². The van der Waals surface area contributed by atoms with E-state index in [1.807, 2.05) is 25.9 Å². The van der Waals surface area contributed by atoms with E-state index in [2.05, 4.69) is 15.3 Å². The first kappa shape index (κ1) is 16.0. The molecule has 0 fully saturated rings. The van der Waals surface area contributed by atoms with E-state index in [-0.39, 0.29) is 17.0 Å². The average molecular weight is 297 g/mol. The number of aromatic nitrogens is 2. The summed E-state index contributed by atoms with van der Waals surface area (Å²) in [6, 6.07) is 1.26. The van der Waals surface area contributed by atoms with Crippen molar-refractivity contribution in [3.63, 3.8) is 0 Å². The van der Waals surface area contributed by atoms with Crippen molar-refractivity contribution in [3.05, 3.63) is 17.0 Å². The zero-order valence-corrected chi connectivity index (χ0v) is 11.7. The lowest BCUT2D eigenvalue weighted by Gasteiger charge is -2.17. The van der Waals surface area contributed by atoms with Gasteiger partial charge in [-0.25, -0.2) is 9.97 Å². The highest BCUT2D eigenvalue weighted by Crippen LogP contribution is 2.28. The van der Waals surface area contributed by atoms with Crippen LogP contribution < -0.4 is 5.32 Å². The highest BCUT2D eigenvalue weighted by atomic mass is 35.5. The summed E-state index contributed by atoms with van der Waals surface area (Å²) in [6.45, 7) is 2.69. The molecule has 1 aromatic heterocycles.